The van der Waals surface area contributed by atoms with E-state index < -0.39 is 12.6 Å². The molecule has 1 unspecified atom stereocenters. The molecule has 1 N–H and O–H groups in total. The van der Waals surface area contributed by atoms with Gasteiger partial charge >= 0.3 is 6.18 Å². The highest BCUT2D eigenvalue weighted by molar-refractivity contribution is 7.99. The molecule has 1 rings (SSSR count). The van der Waals surface area contributed by atoms with Crippen molar-refractivity contribution in [3.63, 3.8) is 0 Å². The molecular weight excluding hydrogens is 259 g/mol. The highest BCUT2D eigenvalue weighted by Crippen LogP contribution is 2.27. The van der Waals surface area contributed by atoms with Gasteiger partial charge in [-0.2, -0.15) is 24.9 Å². The van der Waals surface area contributed by atoms with E-state index in [2.05, 4.69) is 11.6 Å². The summed E-state index contributed by atoms with van der Waals surface area (Å²) in [4.78, 5) is 0. The summed E-state index contributed by atoms with van der Waals surface area (Å²) < 4.78 is 36.1. The van der Waals surface area contributed by atoms with Crippen LogP contribution in [0.15, 0.2) is 0 Å². The third kappa shape index (κ3) is 6.88. The molecule has 1 nitrogen and oxygen atoms in total. The van der Waals surface area contributed by atoms with Crippen LogP contribution in [0.5, 0.6) is 0 Å². The molecule has 0 radical (unpaired) electrons. The molecule has 0 aromatic carbocycles. The molecule has 1 aliphatic carbocycles. The van der Waals surface area contributed by atoms with Crippen molar-refractivity contribution in [1.29, 1.82) is 0 Å². The van der Waals surface area contributed by atoms with Crippen LogP contribution in [0.25, 0.3) is 0 Å². The van der Waals surface area contributed by atoms with Crippen molar-refractivity contribution in [3.05, 3.63) is 0 Å². The molecule has 0 aromatic heterocycles. The molecule has 1 saturated carbocycles. The molecule has 18 heavy (non-hydrogen) atoms. The monoisotopic (exact) mass is 283 g/mol. The molecule has 0 heterocycles. The zero-order valence-corrected chi connectivity index (χ0v) is 12.0. The van der Waals surface area contributed by atoms with Crippen LogP contribution >= 0.6 is 11.8 Å². The Balaban J connectivity index is 2.11. The molecule has 0 aliphatic heterocycles. The summed E-state index contributed by atoms with van der Waals surface area (Å²) in [5.74, 6) is 0. The van der Waals surface area contributed by atoms with Gasteiger partial charge in [-0.1, -0.05) is 0 Å². The van der Waals surface area contributed by atoms with Gasteiger partial charge in [0, 0.05) is 23.8 Å². The van der Waals surface area contributed by atoms with Gasteiger partial charge in [0.05, 0.1) is 0 Å². The topological polar surface area (TPSA) is 12.0 Å². The molecule has 5 heteroatoms. The van der Waals surface area contributed by atoms with Crippen molar-refractivity contribution in [2.75, 3.05) is 6.26 Å². The SMILES string of the molecule is CSC1CCC(NC(C)CCCC(F)(F)F)CC1. The van der Waals surface area contributed by atoms with E-state index in [9.17, 15) is 13.2 Å². The second-order valence-electron chi connectivity index (χ2n) is 5.28. The molecule has 0 amide bonds. The van der Waals surface area contributed by atoms with Gasteiger partial charge in [0.25, 0.3) is 0 Å². The van der Waals surface area contributed by atoms with Gasteiger partial charge in [-0.15, -0.1) is 0 Å². The number of alkyl halides is 3. The van der Waals surface area contributed by atoms with E-state index >= 15 is 0 Å². The fourth-order valence-electron chi connectivity index (χ4n) is 2.56. The smallest absolute Gasteiger partial charge is 0.312 e. The van der Waals surface area contributed by atoms with E-state index in [1.807, 2.05) is 18.7 Å². The lowest BCUT2D eigenvalue weighted by molar-refractivity contribution is -0.135. The normalized spacial score (nSPS) is 27.2. The predicted octanol–water partition coefficient (Wildman–Crippen LogP) is 4.37. The summed E-state index contributed by atoms with van der Waals surface area (Å²) in [6.07, 6.45) is 3.12. The summed E-state index contributed by atoms with van der Waals surface area (Å²) >= 11 is 1.93. The van der Waals surface area contributed by atoms with Crippen LogP contribution in [0, 0.1) is 0 Å². The van der Waals surface area contributed by atoms with Crippen molar-refractivity contribution in [3.8, 4) is 0 Å². The average molecular weight is 283 g/mol. The van der Waals surface area contributed by atoms with Crippen LogP contribution in [0.3, 0.4) is 0 Å². The Kier molecular flexibility index (Phi) is 6.85. The number of nitrogens with one attached hydrogen (secondary N) is 1. The Labute approximate surface area is 112 Å². The Bertz CT molecular complexity index is 225. The van der Waals surface area contributed by atoms with Crippen LogP contribution in [0.4, 0.5) is 13.2 Å². The van der Waals surface area contributed by atoms with Crippen molar-refractivity contribution in [2.24, 2.45) is 0 Å². The van der Waals surface area contributed by atoms with Crippen molar-refractivity contribution < 1.29 is 13.2 Å². The Morgan fingerprint density at radius 2 is 1.83 bits per heavy atom. The summed E-state index contributed by atoms with van der Waals surface area (Å²) in [5, 5.41) is 4.25. The standard InChI is InChI=1S/C13H24F3NS/c1-10(4-3-9-13(14,15)16)17-11-5-7-12(18-2)8-6-11/h10-12,17H,3-9H2,1-2H3. The van der Waals surface area contributed by atoms with Gasteiger partial charge in [-0.3, -0.25) is 0 Å². The predicted molar refractivity (Wildman–Crippen MR) is 72.1 cm³/mol. The van der Waals surface area contributed by atoms with Gasteiger partial charge in [0.2, 0.25) is 0 Å². The van der Waals surface area contributed by atoms with E-state index in [4.69, 9.17) is 0 Å². The molecule has 0 aromatic rings. The highest BCUT2D eigenvalue weighted by atomic mass is 32.2. The summed E-state index contributed by atoms with van der Waals surface area (Å²) in [5.41, 5.74) is 0. The third-order valence-corrected chi connectivity index (χ3v) is 4.76. The molecule has 1 fully saturated rings. The summed E-state index contributed by atoms with van der Waals surface area (Å²) in [7, 11) is 0. The van der Waals surface area contributed by atoms with Gasteiger partial charge in [-0.05, 0) is 51.7 Å². The third-order valence-electron chi connectivity index (χ3n) is 3.63. The van der Waals surface area contributed by atoms with Gasteiger partial charge in [0.1, 0.15) is 0 Å². The maximum absolute atomic E-state index is 12.0. The fraction of sp³-hybridized carbons (Fsp3) is 1.00. The number of hydrogen-bond donors (Lipinski definition) is 1. The van der Waals surface area contributed by atoms with Crippen LogP contribution in [0.2, 0.25) is 0 Å². The largest absolute Gasteiger partial charge is 0.389 e. The number of hydrogen-bond acceptors (Lipinski definition) is 2. The highest BCUT2D eigenvalue weighted by Gasteiger charge is 2.27. The second-order valence-corrected chi connectivity index (χ2v) is 6.42. The van der Waals surface area contributed by atoms with E-state index in [0.717, 1.165) is 18.1 Å². The van der Waals surface area contributed by atoms with Gasteiger partial charge in [0.15, 0.2) is 0 Å². The van der Waals surface area contributed by atoms with E-state index in [1.54, 1.807) is 0 Å². The van der Waals surface area contributed by atoms with E-state index in [0.29, 0.717) is 12.5 Å². The van der Waals surface area contributed by atoms with E-state index in [-0.39, 0.29) is 12.5 Å². The molecule has 0 bridgehead atoms. The Morgan fingerprint density at radius 3 is 2.33 bits per heavy atom. The van der Waals surface area contributed by atoms with Crippen molar-refractivity contribution in [1.82, 2.24) is 5.32 Å². The maximum atomic E-state index is 12.0. The first kappa shape index (κ1) is 16.2. The zero-order chi connectivity index (χ0) is 13.6. The first-order valence-electron chi connectivity index (χ1n) is 6.76. The Morgan fingerprint density at radius 1 is 1.22 bits per heavy atom. The van der Waals surface area contributed by atoms with Crippen LogP contribution < -0.4 is 5.32 Å². The minimum absolute atomic E-state index is 0.197. The molecule has 0 spiro atoms. The molecule has 1 atom stereocenters. The van der Waals surface area contributed by atoms with Crippen molar-refractivity contribution in [2.45, 2.75) is 75.4 Å². The molecular formula is C13H24F3NS. The van der Waals surface area contributed by atoms with Crippen LogP contribution in [-0.2, 0) is 0 Å². The quantitative estimate of drug-likeness (QED) is 0.777. The van der Waals surface area contributed by atoms with E-state index in [1.165, 1.54) is 12.8 Å². The van der Waals surface area contributed by atoms with Gasteiger partial charge in [-0.25, -0.2) is 0 Å². The first-order chi connectivity index (χ1) is 8.40. The first-order valence-corrected chi connectivity index (χ1v) is 8.05. The van der Waals surface area contributed by atoms with Crippen LogP contribution in [0.1, 0.15) is 51.9 Å². The average Bonchev–Trinajstić information content (AvgIpc) is 2.28. The second kappa shape index (κ2) is 7.63. The number of halogens is 3. The van der Waals surface area contributed by atoms with Crippen LogP contribution in [-0.4, -0.2) is 29.8 Å². The lowest BCUT2D eigenvalue weighted by atomic mass is 9.94. The Hall–Kier alpha value is 0.100. The van der Waals surface area contributed by atoms with Gasteiger partial charge < -0.3 is 5.32 Å². The number of rotatable bonds is 6. The lowest BCUT2D eigenvalue weighted by Crippen LogP contribution is -2.39. The molecule has 0 saturated heterocycles. The van der Waals surface area contributed by atoms with Crippen molar-refractivity contribution >= 4 is 11.8 Å². The fourth-order valence-corrected chi connectivity index (χ4v) is 3.30. The maximum Gasteiger partial charge on any atom is 0.389 e. The number of thioether (sulfide) groups is 1. The minimum Gasteiger partial charge on any atom is -0.312 e. The summed E-state index contributed by atoms with van der Waals surface area (Å²) in [6.45, 7) is 2.00. The minimum atomic E-state index is -4.00. The molecule has 1 aliphatic rings. The lowest BCUT2D eigenvalue weighted by Gasteiger charge is -2.30. The zero-order valence-electron chi connectivity index (χ0n) is 11.2. The summed E-state index contributed by atoms with van der Waals surface area (Å²) in [6, 6.07) is 0.706. The molecule has 108 valence electrons.